The molecule has 1 unspecified atom stereocenters. The second-order valence-electron chi connectivity index (χ2n) is 18.3. The van der Waals surface area contributed by atoms with Gasteiger partial charge in [-0.3, -0.25) is 14.4 Å². The highest BCUT2D eigenvalue weighted by Gasteiger charge is 2.25. The first-order chi connectivity index (χ1) is 40.0. The van der Waals surface area contributed by atoms with E-state index in [2.05, 4.69) is 32.0 Å². The first kappa shape index (κ1) is 69.0. The van der Waals surface area contributed by atoms with Crippen LogP contribution < -0.4 is 15.6 Å². The number of nitrogen functional groups attached to an aromatic ring is 1. The molecule has 0 spiro atoms. The van der Waals surface area contributed by atoms with Crippen LogP contribution in [0.2, 0.25) is 0 Å². The number of carbonyl (C=O) groups excluding carboxylic acids is 2. The molecule has 0 radical (unpaired) electrons. The highest BCUT2D eigenvalue weighted by Crippen LogP contribution is 2.34. The highest BCUT2D eigenvalue weighted by atomic mass is 32.2. The van der Waals surface area contributed by atoms with Gasteiger partial charge in [-0.2, -0.15) is 4.57 Å². The molecule has 0 aliphatic rings. The number of unbranched alkanes of at least 4 members (excludes halogenated alkanes) is 2. The summed E-state index contributed by atoms with van der Waals surface area (Å²) in [5.41, 5.74) is 19.7. The number of aliphatic carboxylic acids is 1. The molecule has 3 aromatic carbocycles. The fourth-order valence-corrected chi connectivity index (χ4v) is 8.87. The van der Waals surface area contributed by atoms with Crippen molar-refractivity contribution in [3.63, 3.8) is 0 Å². The molecule has 1 heterocycles. The maximum atomic E-state index is 12.6. The summed E-state index contributed by atoms with van der Waals surface area (Å²) < 4.78 is 100. The minimum Gasteiger partial charge on any atom is -0.748 e. The standard InChI is InChI=1S/C56H82N6O19S/c57-47-10-12-50-51-13-11-48(60-61-58)43-53(51)62(55(52(50)42-47)45-7-3-1-4-8-45)16-6-2-5-9-54(64)59-15-18-71-20-22-73-24-26-75-28-30-77-32-34-79-36-38-81-40-39-80-37-35-78-33-31-76-29-27-74-25-23-72-21-19-70-17-14-49(63)41-46(56(65)66)44-82(67,68)69/h1,3-4,7-8,10-13,42-43,46H,2,5-6,9,14-41,44,57H2,(H2-,59,64,65,66,67,68,69). The maximum absolute atomic E-state index is 12.6. The second-order valence-corrected chi connectivity index (χ2v) is 19.8. The van der Waals surface area contributed by atoms with Gasteiger partial charge in [-0.25, -0.2) is 8.42 Å². The van der Waals surface area contributed by atoms with E-state index in [-0.39, 0.29) is 32.1 Å². The van der Waals surface area contributed by atoms with Crippen LogP contribution in [-0.2, 0) is 87.9 Å². The van der Waals surface area contributed by atoms with Crippen molar-refractivity contribution < 1.29 is 93.9 Å². The lowest BCUT2D eigenvalue weighted by Gasteiger charge is -2.14. The molecule has 0 aliphatic carbocycles. The van der Waals surface area contributed by atoms with Gasteiger partial charge < -0.3 is 77.6 Å². The molecule has 82 heavy (non-hydrogen) atoms. The molecular formula is C56H82N6O19S. The Bertz CT molecular complexity index is 2600. The van der Waals surface area contributed by atoms with E-state index in [1.165, 1.54) is 0 Å². The van der Waals surface area contributed by atoms with Crippen LogP contribution in [0.5, 0.6) is 0 Å². The van der Waals surface area contributed by atoms with Crippen LogP contribution >= 0.6 is 0 Å². The molecule has 4 N–H and O–H groups in total. The maximum Gasteiger partial charge on any atom is 0.307 e. The fourth-order valence-electron chi connectivity index (χ4n) is 8.11. The first-order valence-electron chi connectivity index (χ1n) is 27.6. The number of nitrogens with two attached hydrogens (primary N) is 1. The Morgan fingerprint density at radius 1 is 0.585 bits per heavy atom. The number of nitrogens with zero attached hydrogens (tertiary/aromatic N) is 4. The van der Waals surface area contributed by atoms with Gasteiger partial charge in [0.1, 0.15) is 12.3 Å². The molecule has 456 valence electrons. The van der Waals surface area contributed by atoms with Crippen molar-refractivity contribution in [3.05, 3.63) is 77.2 Å². The van der Waals surface area contributed by atoms with Crippen molar-refractivity contribution in [1.29, 1.82) is 0 Å². The van der Waals surface area contributed by atoms with Crippen molar-refractivity contribution in [2.75, 3.05) is 177 Å². The number of aryl methyl sites for hydroxylation is 1. The number of rotatable bonds is 52. The number of amides is 1. The lowest BCUT2D eigenvalue weighted by atomic mass is 9.98. The predicted octanol–water partition coefficient (Wildman–Crippen LogP) is 4.94. The number of carboxylic acids is 1. The van der Waals surface area contributed by atoms with E-state index in [1.54, 1.807) is 0 Å². The largest absolute Gasteiger partial charge is 0.748 e. The van der Waals surface area contributed by atoms with E-state index in [0.29, 0.717) is 170 Å². The number of ether oxygens (including phenoxy) is 12. The number of anilines is 1. The Hall–Kier alpha value is -5.52. The fraction of sp³-hybridized carbons (Fsp3) is 0.607. The zero-order chi connectivity index (χ0) is 58.7. The molecule has 4 aromatic rings. The smallest absolute Gasteiger partial charge is 0.307 e. The topological polar surface area (TPSA) is 330 Å². The average Bonchev–Trinajstić information content (AvgIpc) is 1.70. The van der Waals surface area contributed by atoms with Crippen molar-refractivity contribution >= 4 is 60.8 Å². The zero-order valence-electron chi connectivity index (χ0n) is 46.8. The Morgan fingerprint density at radius 2 is 1.05 bits per heavy atom. The van der Waals surface area contributed by atoms with E-state index in [9.17, 15) is 27.4 Å². The van der Waals surface area contributed by atoms with Crippen LogP contribution in [0.25, 0.3) is 43.4 Å². The summed E-state index contributed by atoms with van der Waals surface area (Å²) in [6.45, 7) is 10.4. The molecule has 1 atom stereocenters. The van der Waals surface area contributed by atoms with Crippen LogP contribution in [0.4, 0.5) is 11.4 Å². The lowest BCUT2D eigenvalue weighted by molar-refractivity contribution is -0.659. The molecule has 0 saturated carbocycles. The summed E-state index contributed by atoms with van der Waals surface area (Å²) in [5.74, 6) is -4.74. The Morgan fingerprint density at radius 3 is 1.51 bits per heavy atom. The molecule has 1 aromatic heterocycles. The Labute approximate surface area is 479 Å². The minimum atomic E-state index is -4.76. The van der Waals surface area contributed by atoms with E-state index < -0.39 is 40.0 Å². The number of ketones is 1. The van der Waals surface area contributed by atoms with Crippen LogP contribution in [0.15, 0.2) is 71.8 Å². The molecule has 1 amide bonds. The van der Waals surface area contributed by atoms with E-state index in [1.807, 2.05) is 54.6 Å². The number of nitrogens with one attached hydrogen (secondary N) is 1. The Balaban J connectivity index is 0.832. The molecule has 0 fully saturated rings. The van der Waals surface area contributed by atoms with E-state index in [4.69, 9.17) is 73.2 Å². The van der Waals surface area contributed by atoms with Crippen molar-refractivity contribution in [2.24, 2.45) is 11.0 Å². The third kappa shape index (κ3) is 30.7. The van der Waals surface area contributed by atoms with Gasteiger partial charge in [0.2, 0.25) is 17.1 Å². The summed E-state index contributed by atoms with van der Waals surface area (Å²) in [6, 6.07) is 21.9. The third-order valence-corrected chi connectivity index (χ3v) is 12.8. The Kier molecular flexibility index (Phi) is 36.3. The predicted molar refractivity (Wildman–Crippen MR) is 302 cm³/mol. The first-order valence-corrected chi connectivity index (χ1v) is 29.2. The summed E-state index contributed by atoms with van der Waals surface area (Å²) >= 11 is 0. The molecule has 0 aliphatic heterocycles. The second kappa shape index (κ2) is 43.2. The van der Waals surface area contributed by atoms with Crippen LogP contribution in [-0.4, -0.2) is 207 Å². The number of hydrogen-bond acceptors (Lipinski definition) is 20. The summed E-state index contributed by atoms with van der Waals surface area (Å²) in [7, 11) is -4.76. The third-order valence-electron chi connectivity index (χ3n) is 12.0. The molecular weight excluding hydrogens is 1090 g/mol. The van der Waals surface area contributed by atoms with Crippen molar-refractivity contribution in [1.82, 2.24) is 5.32 Å². The number of hydrogen-bond donors (Lipinski definition) is 3. The van der Waals surface area contributed by atoms with E-state index in [0.717, 1.165) is 52.2 Å². The van der Waals surface area contributed by atoms with Crippen molar-refractivity contribution in [2.45, 2.75) is 45.1 Å². The number of pyridine rings is 1. The summed E-state index contributed by atoms with van der Waals surface area (Å²) in [5, 5.41) is 18.9. The quantitative estimate of drug-likeness (QED) is 0.00770. The van der Waals surface area contributed by atoms with Gasteiger partial charge in [-0.15, -0.1) is 0 Å². The number of carboxylic acid groups (broad SMARTS) is 1. The molecule has 25 nitrogen and oxygen atoms in total. The monoisotopic (exact) mass is 1170 g/mol. The van der Waals surface area contributed by atoms with Crippen LogP contribution in [0.1, 0.15) is 38.5 Å². The SMILES string of the molecule is [N-]=[N+]=Nc1ccc2c3ccc(N)cc3c(-c3ccccc3)[n+](CCCCCC(=O)NCCOCCOCCOCCOCCOCCOCCOCCOCCOCCOCCOCCOCCC(=O)CC(CS(=O)(=O)[O-])C(=O)O)c2c1. The van der Waals surface area contributed by atoms with Crippen molar-refractivity contribution in [3.8, 4) is 11.3 Å². The van der Waals surface area contributed by atoms with Gasteiger partial charge in [0.05, 0.1) is 191 Å². The molecule has 0 saturated heterocycles. The number of fused-ring (bicyclic) bond motifs is 3. The zero-order valence-corrected chi connectivity index (χ0v) is 47.6. The van der Waals surface area contributed by atoms with Gasteiger partial charge in [0, 0.05) is 65.5 Å². The number of benzene rings is 3. The normalized spacial score (nSPS) is 12.0. The van der Waals surface area contributed by atoms with Crippen LogP contribution in [0.3, 0.4) is 0 Å². The highest BCUT2D eigenvalue weighted by molar-refractivity contribution is 7.85. The minimum absolute atomic E-state index is 0.0120. The molecule has 26 heteroatoms. The number of Topliss-reactive ketones (excluding diaryl/α,β-unsaturated/α-hetero) is 1. The molecule has 4 rings (SSSR count). The number of aromatic nitrogens is 1. The van der Waals surface area contributed by atoms with Crippen LogP contribution in [0, 0.1) is 5.92 Å². The summed E-state index contributed by atoms with van der Waals surface area (Å²) in [6.07, 6.45) is 2.19. The van der Waals surface area contributed by atoms with Gasteiger partial charge in [0.15, 0.2) is 0 Å². The number of carbonyl (C=O) groups is 3. The lowest BCUT2D eigenvalue weighted by Crippen LogP contribution is -2.37. The summed E-state index contributed by atoms with van der Waals surface area (Å²) in [4.78, 5) is 38.5. The van der Waals surface area contributed by atoms with Gasteiger partial charge in [0.25, 0.3) is 0 Å². The number of azide groups is 1. The molecule has 0 bridgehead atoms. The van der Waals surface area contributed by atoms with Gasteiger partial charge in [-0.1, -0.05) is 35.4 Å². The van der Waals surface area contributed by atoms with Gasteiger partial charge >= 0.3 is 5.97 Å². The average molecular weight is 1180 g/mol. The van der Waals surface area contributed by atoms with Gasteiger partial charge in [-0.05, 0) is 48.7 Å². The van der Waals surface area contributed by atoms with E-state index >= 15 is 0 Å².